The lowest BCUT2D eigenvalue weighted by Crippen LogP contribution is -2.41. The van der Waals surface area contributed by atoms with Crippen LogP contribution in [0.4, 0.5) is 0 Å². The quantitative estimate of drug-likeness (QED) is 0.454. The second-order valence-electron chi connectivity index (χ2n) is 7.89. The number of hydrogen-bond acceptors (Lipinski definition) is 7. The first-order valence-corrected chi connectivity index (χ1v) is 11.0. The molecular weight excluding hydrogens is 440 g/mol. The van der Waals surface area contributed by atoms with Crippen molar-refractivity contribution >= 4 is 11.8 Å². The molecule has 0 saturated heterocycles. The van der Waals surface area contributed by atoms with Crippen molar-refractivity contribution in [1.82, 2.24) is 10.9 Å². The van der Waals surface area contributed by atoms with Crippen LogP contribution >= 0.6 is 0 Å². The third kappa shape index (κ3) is 7.19. The SMILES string of the molecule is COc1cc(C(=O)NNC(=O)CCc2ccc(OC)c(OC)c2OC)ccc1OCCC(C)C. The molecule has 186 valence electrons. The van der Waals surface area contributed by atoms with Gasteiger partial charge in [-0.2, -0.15) is 0 Å². The third-order valence-corrected chi connectivity index (χ3v) is 5.10. The first-order valence-electron chi connectivity index (χ1n) is 11.0. The van der Waals surface area contributed by atoms with Crippen LogP contribution in [0.25, 0.3) is 0 Å². The fourth-order valence-electron chi connectivity index (χ4n) is 3.20. The lowest BCUT2D eigenvalue weighted by molar-refractivity contribution is -0.121. The molecule has 0 fully saturated rings. The molecule has 34 heavy (non-hydrogen) atoms. The second kappa shape index (κ2) is 13.2. The van der Waals surface area contributed by atoms with Gasteiger partial charge in [0.2, 0.25) is 11.7 Å². The molecule has 2 N–H and O–H groups in total. The van der Waals surface area contributed by atoms with Crippen LogP contribution in [0.2, 0.25) is 0 Å². The predicted octanol–water partition coefficient (Wildman–Crippen LogP) is 3.54. The number of carbonyl (C=O) groups excluding carboxylic acids is 2. The van der Waals surface area contributed by atoms with Gasteiger partial charge in [-0.05, 0) is 48.6 Å². The summed E-state index contributed by atoms with van der Waals surface area (Å²) in [5.41, 5.74) is 5.96. The molecule has 2 amide bonds. The van der Waals surface area contributed by atoms with E-state index in [2.05, 4.69) is 24.7 Å². The topological polar surface area (TPSA) is 104 Å². The average molecular weight is 475 g/mol. The van der Waals surface area contributed by atoms with E-state index in [0.717, 1.165) is 12.0 Å². The molecule has 9 nitrogen and oxygen atoms in total. The molecule has 0 heterocycles. The number of methoxy groups -OCH3 is 4. The van der Waals surface area contributed by atoms with Crippen molar-refractivity contribution in [2.45, 2.75) is 33.1 Å². The van der Waals surface area contributed by atoms with E-state index in [-0.39, 0.29) is 12.3 Å². The molecule has 9 heteroatoms. The first-order chi connectivity index (χ1) is 16.3. The molecule has 0 aliphatic carbocycles. The summed E-state index contributed by atoms with van der Waals surface area (Å²) < 4.78 is 27.2. The van der Waals surface area contributed by atoms with E-state index in [1.807, 2.05) is 6.07 Å². The Morgan fingerprint density at radius 1 is 0.824 bits per heavy atom. The van der Waals surface area contributed by atoms with Crippen LogP contribution in [0, 0.1) is 5.92 Å². The predicted molar refractivity (Wildman–Crippen MR) is 128 cm³/mol. The Morgan fingerprint density at radius 2 is 1.50 bits per heavy atom. The van der Waals surface area contributed by atoms with Gasteiger partial charge in [0, 0.05) is 12.0 Å². The van der Waals surface area contributed by atoms with E-state index >= 15 is 0 Å². The molecule has 2 rings (SSSR count). The maximum Gasteiger partial charge on any atom is 0.269 e. The maximum absolute atomic E-state index is 12.5. The van der Waals surface area contributed by atoms with Crippen molar-refractivity contribution in [2.75, 3.05) is 35.0 Å². The Hall–Kier alpha value is -3.62. The fraction of sp³-hybridized carbons (Fsp3) is 0.440. The Bertz CT molecular complexity index is 976. The molecule has 0 aliphatic rings. The van der Waals surface area contributed by atoms with Crippen LogP contribution in [0.3, 0.4) is 0 Å². The number of carbonyl (C=O) groups is 2. The van der Waals surface area contributed by atoms with E-state index in [4.69, 9.17) is 23.7 Å². The van der Waals surface area contributed by atoms with Crippen molar-refractivity contribution in [3.05, 3.63) is 41.5 Å². The van der Waals surface area contributed by atoms with E-state index in [1.54, 1.807) is 24.3 Å². The number of hydrogen-bond donors (Lipinski definition) is 2. The minimum atomic E-state index is -0.468. The molecule has 0 aromatic heterocycles. The maximum atomic E-state index is 12.5. The summed E-state index contributed by atoms with van der Waals surface area (Å²) in [5, 5.41) is 0. The molecule has 0 bridgehead atoms. The van der Waals surface area contributed by atoms with Gasteiger partial charge in [0.05, 0.1) is 35.0 Å². The zero-order valence-corrected chi connectivity index (χ0v) is 20.7. The average Bonchev–Trinajstić information content (AvgIpc) is 2.84. The highest BCUT2D eigenvalue weighted by molar-refractivity contribution is 5.96. The van der Waals surface area contributed by atoms with Gasteiger partial charge in [0.15, 0.2) is 23.0 Å². The van der Waals surface area contributed by atoms with Crippen LogP contribution in [-0.4, -0.2) is 46.9 Å². The minimum Gasteiger partial charge on any atom is -0.493 e. The molecule has 0 spiro atoms. The van der Waals surface area contributed by atoms with Crippen molar-refractivity contribution in [3.63, 3.8) is 0 Å². The van der Waals surface area contributed by atoms with E-state index in [9.17, 15) is 9.59 Å². The normalized spacial score (nSPS) is 10.4. The number of nitrogens with one attached hydrogen (secondary N) is 2. The second-order valence-corrected chi connectivity index (χ2v) is 7.89. The van der Waals surface area contributed by atoms with Gasteiger partial charge >= 0.3 is 0 Å². The van der Waals surface area contributed by atoms with Crippen LogP contribution in [-0.2, 0) is 11.2 Å². The minimum absolute atomic E-state index is 0.123. The lowest BCUT2D eigenvalue weighted by atomic mass is 10.1. The van der Waals surface area contributed by atoms with Crippen molar-refractivity contribution in [3.8, 4) is 28.7 Å². The molecule has 2 aromatic rings. The zero-order chi connectivity index (χ0) is 25.1. The zero-order valence-electron chi connectivity index (χ0n) is 20.7. The smallest absolute Gasteiger partial charge is 0.269 e. The van der Waals surface area contributed by atoms with Gasteiger partial charge in [-0.1, -0.05) is 19.9 Å². The Morgan fingerprint density at radius 3 is 2.12 bits per heavy atom. The van der Waals surface area contributed by atoms with E-state index < -0.39 is 5.91 Å². The molecule has 0 atom stereocenters. The Kier molecular flexibility index (Phi) is 10.3. The Balaban J connectivity index is 1.93. The summed E-state index contributed by atoms with van der Waals surface area (Å²) in [5.74, 6) is 2.20. The van der Waals surface area contributed by atoms with Gasteiger partial charge in [-0.15, -0.1) is 0 Å². The largest absolute Gasteiger partial charge is 0.493 e. The third-order valence-electron chi connectivity index (χ3n) is 5.10. The molecule has 0 unspecified atom stereocenters. The molecule has 0 aliphatic heterocycles. The standard InChI is InChI=1S/C25H34N2O7/c1-16(2)13-14-34-19-10-8-18(15-21(19)31-4)25(29)27-26-22(28)12-9-17-7-11-20(30-3)24(33-6)23(17)32-5/h7-8,10-11,15-16H,9,12-14H2,1-6H3,(H,26,28)(H,27,29). The van der Waals surface area contributed by atoms with Gasteiger partial charge in [-0.3, -0.25) is 20.4 Å². The Labute approximate surface area is 200 Å². The summed E-state index contributed by atoms with van der Waals surface area (Å²) >= 11 is 0. The number of amides is 2. The summed E-state index contributed by atoms with van der Waals surface area (Å²) in [6, 6.07) is 8.42. The van der Waals surface area contributed by atoms with Gasteiger partial charge < -0.3 is 23.7 Å². The summed E-state index contributed by atoms with van der Waals surface area (Å²) in [4.78, 5) is 24.8. The fourth-order valence-corrected chi connectivity index (χ4v) is 3.20. The number of ether oxygens (including phenoxy) is 5. The van der Waals surface area contributed by atoms with Crippen molar-refractivity contribution in [2.24, 2.45) is 5.92 Å². The number of benzene rings is 2. The summed E-state index contributed by atoms with van der Waals surface area (Å²) in [6.07, 6.45) is 1.41. The molecular formula is C25H34N2O7. The molecule has 0 saturated carbocycles. The lowest BCUT2D eigenvalue weighted by Gasteiger charge is -2.16. The van der Waals surface area contributed by atoms with Crippen LogP contribution in [0.1, 0.15) is 42.6 Å². The first kappa shape index (κ1) is 26.6. The van der Waals surface area contributed by atoms with Crippen molar-refractivity contribution < 1.29 is 33.3 Å². The number of aryl methyl sites for hydroxylation is 1. The van der Waals surface area contributed by atoms with Crippen LogP contribution in [0.5, 0.6) is 28.7 Å². The number of rotatable bonds is 12. The highest BCUT2D eigenvalue weighted by atomic mass is 16.5. The van der Waals surface area contributed by atoms with Crippen LogP contribution < -0.4 is 34.5 Å². The summed E-state index contributed by atoms with van der Waals surface area (Å²) in [7, 11) is 6.09. The highest BCUT2D eigenvalue weighted by Crippen LogP contribution is 2.40. The van der Waals surface area contributed by atoms with Crippen molar-refractivity contribution in [1.29, 1.82) is 0 Å². The molecule has 2 aromatic carbocycles. The highest BCUT2D eigenvalue weighted by Gasteiger charge is 2.17. The van der Waals surface area contributed by atoms with E-state index in [0.29, 0.717) is 53.3 Å². The van der Waals surface area contributed by atoms with Gasteiger partial charge in [0.25, 0.3) is 5.91 Å². The molecule has 0 radical (unpaired) electrons. The van der Waals surface area contributed by atoms with E-state index in [1.165, 1.54) is 28.4 Å². The van der Waals surface area contributed by atoms with Gasteiger partial charge in [-0.25, -0.2) is 0 Å². The number of hydrazine groups is 1. The summed E-state index contributed by atoms with van der Waals surface area (Å²) in [6.45, 7) is 4.79. The van der Waals surface area contributed by atoms with Gasteiger partial charge in [0.1, 0.15) is 0 Å². The van der Waals surface area contributed by atoms with Crippen LogP contribution in [0.15, 0.2) is 30.3 Å². The monoisotopic (exact) mass is 474 g/mol.